The number of para-hydroxylation sites is 2. The van der Waals surface area contributed by atoms with E-state index in [0.29, 0.717) is 29.0 Å². The van der Waals surface area contributed by atoms with Crippen molar-refractivity contribution < 1.29 is 9.90 Å². The van der Waals surface area contributed by atoms with E-state index < -0.39 is 0 Å². The van der Waals surface area contributed by atoms with Crippen molar-refractivity contribution in [2.24, 2.45) is 4.99 Å². The van der Waals surface area contributed by atoms with Crippen molar-refractivity contribution in [2.75, 3.05) is 5.32 Å². The summed E-state index contributed by atoms with van der Waals surface area (Å²) in [5.41, 5.74) is 5.46. The summed E-state index contributed by atoms with van der Waals surface area (Å²) in [6.07, 6.45) is 8.74. The van der Waals surface area contributed by atoms with Crippen LogP contribution in [0.25, 0.3) is 0 Å². The van der Waals surface area contributed by atoms with Crippen molar-refractivity contribution in [1.29, 1.82) is 0 Å². The quantitative estimate of drug-likeness (QED) is 0.247. The number of hydrogen-bond donors (Lipinski definition) is 2. The maximum Gasteiger partial charge on any atom is 0.147 e. The number of rotatable bonds is 5. The molecule has 2 aromatic rings. The van der Waals surface area contributed by atoms with Gasteiger partial charge in [-0.2, -0.15) is 0 Å². The fourth-order valence-electron chi connectivity index (χ4n) is 3.25. The zero-order chi connectivity index (χ0) is 22.8. The van der Waals surface area contributed by atoms with Gasteiger partial charge >= 0.3 is 0 Å². The van der Waals surface area contributed by atoms with Gasteiger partial charge in [-0.25, -0.2) is 0 Å². The zero-order valence-electron chi connectivity index (χ0n) is 17.9. The van der Waals surface area contributed by atoms with Gasteiger partial charge in [0, 0.05) is 34.3 Å². The van der Waals surface area contributed by atoms with E-state index in [9.17, 15) is 4.79 Å². The van der Waals surface area contributed by atoms with Crippen LogP contribution in [-0.4, -0.2) is 17.6 Å². The van der Waals surface area contributed by atoms with Crippen LogP contribution < -0.4 is 5.32 Å². The highest BCUT2D eigenvalue weighted by molar-refractivity contribution is 6.34. The zero-order valence-corrected chi connectivity index (χ0v) is 20.2. The van der Waals surface area contributed by atoms with Gasteiger partial charge in [0.15, 0.2) is 0 Å². The molecule has 0 aliphatic heterocycles. The third kappa shape index (κ3) is 7.64. The minimum Gasteiger partial charge on any atom is -0.515 e. The average molecular weight is 504 g/mol. The smallest absolute Gasteiger partial charge is 0.147 e. The largest absolute Gasteiger partial charge is 0.515 e. The van der Waals surface area contributed by atoms with Gasteiger partial charge in [0.25, 0.3) is 0 Å². The second kappa shape index (κ2) is 13.7. The Bertz CT molecular complexity index is 1090. The maximum atomic E-state index is 10.2. The molecule has 0 unspecified atom stereocenters. The Hall–Kier alpha value is -2.79. The van der Waals surface area contributed by atoms with Crippen molar-refractivity contribution in [3.63, 3.8) is 0 Å². The number of nitrogens with one attached hydrogen (secondary N) is 1. The standard InChI is InChI=1S/C19H17ClN2.C7H7ClO2.ClH/c20-19-15(13-21-17-7-3-1-4-8-17)11-12-16(19)14-22-18-9-5-2-6-10-18;8-7-5(3-9)1-2-6(7)4-10;/h1-10,13-14,21H,11-12H2;3-4,9H,1-2H2;1H/b15-13+,22-14?;;. The fourth-order valence-corrected chi connectivity index (χ4v) is 3.82. The topological polar surface area (TPSA) is 61.7 Å². The van der Waals surface area contributed by atoms with Crippen LogP contribution in [0.3, 0.4) is 0 Å². The monoisotopic (exact) mass is 502 g/mol. The number of carbonyl (C=O) groups is 1. The summed E-state index contributed by atoms with van der Waals surface area (Å²) in [5, 5.41) is 13.1. The molecule has 0 heterocycles. The molecule has 4 nitrogen and oxygen atoms in total. The normalized spacial score (nSPS) is 17.9. The molecule has 0 spiro atoms. The molecule has 2 aromatic carbocycles. The molecule has 0 aromatic heterocycles. The Morgan fingerprint density at radius 2 is 1.39 bits per heavy atom. The lowest BCUT2D eigenvalue weighted by atomic mass is 10.2. The summed E-state index contributed by atoms with van der Waals surface area (Å²) < 4.78 is 0. The van der Waals surface area contributed by atoms with E-state index in [1.54, 1.807) is 0 Å². The second-order valence-electron chi connectivity index (χ2n) is 7.22. The van der Waals surface area contributed by atoms with Crippen molar-refractivity contribution >= 4 is 59.5 Å². The van der Waals surface area contributed by atoms with Gasteiger partial charge in [-0.05, 0) is 61.1 Å². The van der Waals surface area contributed by atoms with Crippen LogP contribution in [0.2, 0.25) is 0 Å². The second-order valence-corrected chi connectivity index (χ2v) is 7.98. The van der Waals surface area contributed by atoms with Crippen molar-refractivity contribution in [3.8, 4) is 0 Å². The fraction of sp³-hybridized carbons (Fsp3) is 0.154. The van der Waals surface area contributed by atoms with E-state index >= 15 is 0 Å². The van der Waals surface area contributed by atoms with E-state index in [4.69, 9.17) is 28.3 Å². The number of allylic oxidation sites excluding steroid dienone is 6. The summed E-state index contributed by atoms with van der Waals surface area (Å²) in [6, 6.07) is 20.0. The van der Waals surface area contributed by atoms with E-state index in [0.717, 1.165) is 52.9 Å². The number of aliphatic imine (C=N–C) groups is 1. The third-order valence-electron chi connectivity index (χ3n) is 5.07. The number of aliphatic hydroxyl groups excluding tert-OH is 1. The molecule has 33 heavy (non-hydrogen) atoms. The SMILES string of the molecule is Cl.ClC1=C(C=Nc2ccccc2)CC/C1=C\Nc1ccccc1.O=CC1=C(Cl)C(=CO)CC1. The van der Waals surface area contributed by atoms with E-state index in [1.807, 2.05) is 73.1 Å². The molecule has 172 valence electrons. The van der Waals surface area contributed by atoms with Crippen LogP contribution in [0.5, 0.6) is 0 Å². The Labute approximate surface area is 210 Å². The lowest BCUT2D eigenvalue weighted by Crippen LogP contribution is -1.89. The molecular weight excluding hydrogens is 479 g/mol. The molecule has 7 heteroatoms. The summed E-state index contributed by atoms with van der Waals surface area (Å²) >= 11 is 12.1. The van der Waals surface area contributed by atoms with Crippen LogP contribution >= 0.6 is 35.6 Å². The number of carbonyl (C=O) groups excluding carboxylic acids is 1. The van der Waals surface area contributed by atoms with E-state index in [1.165, 1.54) is 0 Å². The lowest BCUT2D eigenvalue weighted by Gasteiger charge is -2.02. The van der Waals surface area contributed by atoms with E-state index in [2.05, 4.69) is 10.3 Å². The predicted octanol–water partition coefficient (Wildman–Crippen LogP) is 8.01. The Balaban J connectivity index is 0.000000297. The number of aliphatic hydroxyl groups is 1. The third-order valence-corrected chi connectivity index (χ3v) is 6.04. The first kappa shape index (κ1) is 26.5. The molecule has 0 radical (unpaired) electrons. The first-order chi connectivity index (χ1) is 15.6. The van der Waals surface area contributed by atoms with Gasteiger partial charge in [0.05, 0.1) is 17.0 Å². The minimum atomic E-state index is 0. The molecule has 0 fully saturated rings. The Kier molecular flexibility index (Phi) is 11.0. The van der Waals surface area contributed by atoms with Gasteiger partial charge in [-0.3, -0.25) is 9.79 Å². The molecule has 4 rings (SSSR count). The number of anilines is 1. The lowest BCUT2D eigenvalue weighted by molar-refractivity contribution is -0.105. The van der Waals surface area contributed by atoms with Gasteiger partial charge in [-0.1, -0.05) is 59.6 Å². The molecule has 0 saturated heterocycles. The summed E-state index contributed by atoms with van der Waals surface area (Å²) in [5.74, 6) is 0. The molecule has 2 aliphatic rings. The summed E-state index contributed by atoms with van der Waals surface area (Å²) in [7, 11) is 0. The molecular formula is C26H25Cl3N2O2. The number of nitrogens with zero attached hydrogens (tertiary/aromatic N) is 1. The highest BCUT2D eigenvalue weighted by atomic mass is 35.5. The molecule has 2 N–H and O–H groups in total. The number of aldehydes is 1. The van der Waals surface area contributed by atoms with Gasteiger partial charge < -0.3 is 10.4 Å². The summed E-state index contributed by atoms with van der Waals surface area (Å²) in [6.45, 7) is 0. The molecule has 0 amide bonds. The minimum absolute atomic E-state index is 0. The molecule has 0 bridgehead atoms. The molecule has 0 saturated carbocycles. The Morgan fingerprint density at radius 3 is 1.97 bits per heavy atom. The van der Waals surface area contributed by atoms with Gasteiger partial charge in [-0.15, -0.1) is 12.4 Å². The van der Waals surface area contributed by atoms with Gasteiger partial charge in [0.1, 0.15) is 6.29 Å². The van der Waals surface area contributed by atoms with Crippen LogP contribution in [0.15, 0.2) is 110 Å². The highest BCUT2D eigenvalue weighted by Gasteiger charge is 2.17. The molecule has 0 atom stereocenters. The predicted molar refractivity (Wildman–Crippen MR) is 141 cm³/mol. The number of hydrogen-bond acceptors (Lipinski definition) is 4. The molecule has 2 aliphatic carbocycles. The first-order valence-electron chi connectivity index (χ1n) is 10.3. The number of benzene rings is 2. The number of halogens is 3. The van der Waals surface area contributed by atoms with Gasteiger partial charge in [0.2, 0.25) is 0 Å². The van der Waals surface area contributed by atoms with Crippen LogP contribution in [0.4, 0.5) is 11.4 Å². The van der Waals surface area contributed by atoms with Crippen LogP contribution in [0.1, 0.15) is 25.7 Å². The summed E-state index contributed by atoms with van der Waals surface area (Å²) in [4.78, 5) is 14.7. The van der Waals surface area contributed by atoms with Crippen molar-refractivity contribution in [3.05, 3.63) is 105 Å². The van der Waals surface area contributed by atoms with Crippen LogP contribution in [-0.2, 0) is 4.79 Å². The Morgan fingerprint density at radius 1 is 0.818 bits per heavy atom. The van der Waals surface area contributed by atoms with Crippen LogP contribution in [0, 0.1) is 0 Å². The first-order valence-corrected chi connectivity index (χ1v) is 11.0. The van der Waals surface area contributed by atoms with Crippen molar-refractivity contribution in [1.82, 2.24) is 0 Å². The van der Waals surface area contributed by atoms with E-state index in [-0.39, 0.29) is 12.4 Å². The maximum absolute atomic E-state index is 10.2. The average Bonchev–Trinajstić information content (AvgIpc) is 3.39. The van der Waals surface area contributed by atoms with Crippen molar-refractivity contribution in [2.45, 2.75) is 25.7 Å². The highest BCUT2D eigenvalue weighted by Crippen LogP contribution is 2.34.